The molecule has 0 saturated carbocycles. The first kappa shape index (κ1) is 11.0. The Balaban J connectivity index is 2.29. The van der Waals surface area contributed by atoms with Crippen molar-refractivity contribution >= 4 is 5.91 Å². The van der Waals surface area contributed by atoms with E-state index in [4.69, 9.17) is 11.2 Å². The summed E-state index contributed by atoms with van der Waals surface area (Å²) in [6.07, 6.45) is 6.03. The van der Waals surface area contributed by atoms with Crippen LogP contribution in [0.25, 0.3) is 0 Å². The zero-order chi connectivity index (χ0) is 10.4. The van der Waals surface area contributed by atoms with Crippen LogP contribution in [0.15, 0.2) is 0 Å². The summed E-state index contributed by atoms with van der Waals surface area (Å²) >= 11 is 0. The first-order valence-electron chi connectivity index (χ1n) is 4.74. The normalized spacial score (nSPS) is 25.7. The molecule has 0 radical (unpaired) electrons. The summed E-state index contributed by atoms with van der Waals surface area (Å²) in [4.78, 5) is 11.3. The average molecular weight is 196 g/mol. The van der Waals surface area contributed by atoms with Gasteiger partial charge in [-0.3, -0.25) is 4.79 Å². The Morgan fingerprint density at radius 2 is 2.50 bits per heavy atom. The molecule has 1 aliphatic heterocycles. The molecule has 1 fully saturated rings. The highest BCUT2D eigenvalue weighted by molar-refractivity contribution is 5.76. The Kier molecular flexibility index (Phi) is 4.44. The van der Waals surface area contributed by atoms with E-state index in [1.165, 1.54) is 0 Å². The summed E-state index contributed by atoms with van der Waals surface area (Å²) < 4.78 is 5.21. The number of nitrogens with one attached hydrogen (secondary N) is 2. The highest BCUT2D eigenvalue weighted by atomic mass is 16.5. The van der Waals surface area contributed by atoms with E-state index >= 15 is 0 Å². The molecule has 0 aromatic heterocycles. The SMILES string of the molecule is C#CCCC(=O)NC1CNC[C@@H]1OC. The summed E-state index contributed by atoms with van der Waals surface area (Å²) in [5, 5.41) is 6.05. The third kappa shape index (κ3) is 3.02. The van der Waals surface area contributed by atoms with Crippen LogP contribution >= 0.6 is 0 Å². The number of rotatable bonds is 4. The second kappa shape index (κ2) is 5.63. The molecule has 0 aromatic carbocycles. The van der Waals surface area contributed by atoms with Crippen LogP contribution in [0.1, 0.15) is 12.8 Å². The fourth-order valence-electron chi connectivity index (χ4n) is 1.51. The van der Waals surface area contributed by atoms with Gasteiger partial charge in [-0.15, -0.1) is 12.3 Å². The van der Waals surface area contributed by atoms with Crippen molar-refractivity contribution in [3.8, 4) is 12.3 Å². The maximum Gasteiger partial charge on any atom is 0.221 e. The van der Waals surface area contributed by atoms with E-state index in [1.54, 1.807) is 7.11 Å². The molecule has 1 amide bonds. The number of carbonyl (C=O) groups excluding carboxylic acids is 1. The lowest BCUT2D eigenvalue weighted by molar-refractivity contribution is -0.122. The monoisotopic (exact) mass is 196 g/mol. The van der Waals surface area contributed by atoms with Gasteiger partial charge in [-0.1, -0.05) is 0 Å². The number of terminal acetylenes is 1. The molecule has 14 heavy (non-hydrogen) atoms. The van der Waals surface area contributed by atoms with E-state index < -0.39 is 0 Å². The van der Waals surface area contributed by atoms with E-state index in [2.05, 4.69) is 16.6 Å². The lowest BCUT2D eigenvalue weighted by Gasteiger charge is -2.18. The minimum absolute atomic E-state index is 0.00120. The van der Waals surface area contributed by atoms with Gasteiger partial charge < -0.3 is 15.4 Å². The minimum Gasteiger partial charge on any atom is -0.378 e. The first-order valence-corrected chi connectivity index (χ1v) is 4.74. The van der Waals surface area contributed by atoms with Gasteiger partial charge in [-0.2, -0.15) is 0 Å². The van der Waals surface area contributed by atoms with Gasteiger partial charge in [0.05, 0.1) is 12.1 Å². The third-order valence-electron chi connectivity index (χ3n) is 2.30. The molecule has 4 nitrogen and oxygen atoms in total. The second-order valence-electron chi connectivity index (χ2n) is 3.31. The standard InChI is InChI=1S/C10H16N2O2/c1-3-4-5-10(13)12-8-6-11-7-9(8)14-2/h1,8-9,11H,4-7H2,2H3,(H,12,13)/t8?,9-/m0/s1. The molecule has 2 atom stereocenters. The van der Waals surface area contributed by atoms with Crippen molar-refractivity contribution in [2.75, 3.05) is 20.2 Å². The van der Waals surface area contributed by atoms with Gasteiger partial charge >= 0.3 is 0 Å². The molecule has 1 heterocycles. The summed E-state index contributed by atoms with van der Waals surface area (Å²) in [6, 6.07) is 0.0743. The second-order valence-corrected chi connectivity index (χ2v) is 3.31. The first-order chi connectivity index (χ1) is 6.77. The smallest absolute Gasteiger partial charge is 0.221 e. The Labute approximate surface area is 84.4 Å². The average Bonchev–Trinajstić information content (AvgIpc) is 2.62. The van der Waals surface area contributed by atoms with Gasteiger partial charge in [-0.25, -0.2) is 0 Å². The Bertz CT molecular complexity index is 235. The van der Waals surface area contributed by atoms with Crippen LogP contribution in [0.5, 0.6) is 0 Å². The zero-order valence-electron chi connectivity index (χ0n) is 8.38. The molecular weight excluding hydrogens is 180 g/mol. The third-order valence-corrected chi connectivity index (χ3v) is 2.30. The van der Waals surface area contributed by atoms with Crippen LogP contribution < -0.4 is 10.6 Å². The molecule has 1 unspecified atom stereocenters. The summed E-state index contributed by atoms with van der Waals surface area (Å²) in [6.45, 7) is 1.55. The largest absolute Gasteiger partial charge is 0.378 e. The van der Waals surface area contributed by atoms with Crippen molar-refractivity contribution in [3.63, 3.8) is 0 Å². The van der Waals surface area contributed by atoms with E-state index in [-0.39, 0.29) is 18.1 Å². The molecule has 2 N–H and O–H groups in total. The number of ether oxygens (including phenoxy) is 1. The summed E-state index contributed by atoms with van der Waals surface area (Å²) in [5.74, 6) is 2.44. The molecule has 0 bridgehead atoms. The molecule has 0 spiro atoms. The van der Waals surface area contributed by atoms with Gasteiger partial charge in [0.1, 0.15) is 0 Å². The summed E-state index contributed by atoms with van der Waals surface area (Å²) in [7, 11) is 1.65. The maximum atomic E-state index is 11.3. The predicted molar refractivity (Wildman–Crippen MR) is 53.7 cm³/mol. The fraction of sp³-hybridized carbons (Fsp3) is 0.700. The Hall–Kier alpha value is -1.05. The molecule has 4 heteroatoms. The van der Waals surface area contributed by atoms with Crippen molar-refractivity contribution in [2.45, 2.75) is 25.0 Å². The number of methoxy groups -OCH3 is 1. The Morgan fingerprint density at radius 1 is 1.71 bits per heavy atom. The van der Waals surface area contributed by atoms with Crippen LogP contribution in [-0.2, 0) is 9.53 Å². The number of amides is 1. The van der Waals surface area contributed by atoms with Gasteiger partial charge in [0.2, 0.25) is 5.91 Å². The molecule has 1 aliphatic rings. The van der Waals surface area contributed by atoms with E-state index in [0.29, 0.717) is 12.8 Å². The number of hydrogen-bond donors (Lipinski definition) is 2. The van der Waals surface area contributed by atoms with Crippen LogP contribution in [0.3, 0.4) is 0 Å². The predicted octanol–water partition coefficient (Wildman–Crippen LogP) is -0.497. The highest BCUT2D eigenvalue weighted by Crippen LogP contribution is 2.03. The van der Waals surface area contributed by atoms with Gasteiger partial charge in [0.15, 0.2) is 0 Å². The number of carbonyl (C=O) groups is 1. The zero-order valence-corrected chi connectivity index (χ0v) is 8.38. The van der Waals surface area contributed by atoms with Crippen molar-refractivity contribution in [2.24, 2.45) is 0 Å². The van der Waals surface area contributed by atoms with Gasteiger partial charge in [0.25, 0.3) is 0 Å². The molecular formula is C10H16N2O2. The molecule has 1 saturated heterocycles. The van der Waals surface area contributed by atoms with Crippen LogP contribution in [0, 0.1) is 12.3 Å². The topological polar surface area (TPSA) is 50.4 Å². The molecule has 78 valence electrons. The van der Waals surface area contributed by atoms with Crippen molar-refractivity contribution in [1.29, 1.82) is 0 Å². The van der Waals surface area contributed by atoms with Crippen molar-refractivity contribution < 1.29 is 9.53 Å². The lowest BCUT2D eigenvalue weighted by Crippen LogP contribution is -2.43. The van der Waals surface area contributed by atoms with Crippen LogP contribution in [0.4, 0.5) is 0 Å². The van der Waals surface area contributed by atoms with E-state index in [9.17, 15) is 4.79 Å². The van der Waals surface area contributed by atoms with Crippen LogP contribution in [-0.4, -0.2) is 38.3 Å². The van der Waals surface area contributed by atoms with Crippen molar-refractivity contribution in [1.82, 2.24) is 10.6 Å². The Morgan fingerprint density at radius 3 is 3.14 bits per heavy atom. The maximum absolute atomic E-state index is 11.3. The number of hydrogen-bond acceptors (Lipinski definition) is 3. The fourth-order valence-corrected chi connectivity index (χ4v) is 1.51. The summed E-state index contributed by atoms with van der Waals surface area (Å²) in [5.41, 5.74) is 0. The molecule has 0 aromatic rings. The minimum atomic E-state index is -0.00120. The lowest BCUT2D eigenvalue weighted by atomic mass is 10.2. The van der Waals surface area contributed by atoms with E-state index in [0.717, 1.165) is 13.1 Å². The van der Waals surface area contributed by atoms with E-state index in [1.807, 2.05) is 0 Å². The molecule has 0 aliphatic carbocycles. The van der Waals surface area contributed by atoms with Crippen LogP contribution in [0.2, 0.25) is 0 Å². The van der Waals surface area contributed by atoms with Gasteiger partial charge in [0, 0.05) is 33.0 Å². The van der Waals surface area contributed by atoms with Crippen molar-refractivity contribution in [3.05, 3.63) is 0 Å². The van der Waals surface area contributed by atoms with Gasteiger partial charge in [-0.05, 0) is 0 Å². The molecule has 1 rings (SSSR count). The quantitative estimate of drug-likeness (QED) is 0.596. The highest BCUT2D eigenvalue weighted by Gasteiger charge is 2.27.